The standard InChI is InChI=1S/C12H25Cl/c1-4-5-7-11(2)8-6-9-12(3)10-13/h11-12H,4-10H2,1-3H3. The predicted octanol–water partition coefficient (Wildman–Crippen LogP) is 4.86. The molecule has 0 aromatic heterocycles. The van der Waals surface area contributed by atoms with Gasteiger partial charge in [0.2, 0.25) is 0 Å². The van der Waals surface area contributed by atoms with Gasteiger partial charge in [-0.3, -0.25) is 0 Å². The molecule has 0 amide bonds. The van der Waals surface area contributed by atoms with E-state index in [1.807, 2.05) is 0 Å². The van der Waals surface area contributed by atoms with E-state index in [4.69, 9.17) is 11.6 Å². The van der Waals surface area contributed by atoms with Gasteiger partial charge in [-0.25, -0.2) is 0 Å². The minimum absolute atomic E-state index is 0.708. The Morgan fingerprint density at radius 3 is 2.00 bits per heavy atom. The summed E-state index contributed by atoms with van der Waals surface area (Å²) in [6.45, 7) is 6.88. The molecule has 0 aliphatic carbocycles. The van der Waals surface area contributed by atoms with E-state index in [0.29, 0.717) is 5.92 Å². The molecule has 2 unspecified atom stereocenters. The van der Waals surface area contributed by atoms with Crippen LogP contribution in [0.4, 0.5) is 0 Å². The van der Waals surface area contributed by atoms with E-state index in [1.165, 1.54) is 38.5 Å². The van der Waals surface area contributed by atoms with E-state index in [2.05, 4.69) is 20.8 Å². The number of alkyl halides is 1. The molecule has 0 fully saturated rings. The molecule has 0 saturated carbocycles. The number of hydrogen-bond acceptors (Lipinski definition) is 0. The molecule has 0 aliphatic rings. The van der Waals surface area contributed by atoms with Crippen molar-refractivity contribution in [1.29, 1.82) is 0 Å². The second kappa shape index (κ2) is 8.87. The number of hydrogen-bond donors (Lipinski definition) is 0. The van der Waals surface area contributed by atoms with Gasteiger partial charge >= 0.3 is 0 Å². The van der Waals surface area contributed by atoms with Crippen molar-refractivity contribution in [2.45, 2.75) is 59.3 Å². The molecule has 0 rings (SSSR count). The van der Waals surface area contributed by atoms with E-state index >= 15 is 0 Å². The van der Waals surface area contributed by atoms with Gasteiger partial charge in [-0.15, -0.1) is 11.6 Å². The van der Waals surface area contributed by atoms with Crippen LogP contribution >= 0.6 is 11.6 Å². The Morgan fingerprint density at radius 1 is 0.923 bits per heavy atom. The summed E-state index contributed by atoms with van der Waals surface area (Å²) in [6.07, 6.45) is 8.19. The van der Waals surface area contributed by atoms with Crippen molar-refractivity contribution in [2.24, 2.45) is 11.8 Å². The SMILES string of the molecule is CCCCC(C)CCCC(C)CCl. The molecule has 0 aromatic rings. The van der Waals surface area contributed by atoms with Crippen molar-refractivity contribution >= 4 is 11.6 Å². The average Bonchev–Trinajstić information content (AvgIpc) is 2.14. The van der Waals surface area contributed by atoms with E-state index < -0.39 is 0 Å². The van der Waals surface area contributed by atoms with Crippen LogP contribution in [-0.4, -0.2) is 5.88 Å². The molecule has 13 heavy (non-hydrogen) atoms. The Kier molecular flexibility index (Phi) is 9.07. The Morgan fingerprint density at radius 2 is 1.46 bits per heavy atom. The minimum atomic E-state index is 0.708. The van der Waals surface area contributed by atoms with Gasteiger partial charge in [-0.05, 0) is 18.3 Å². The fourth-order valence-electron chi connectivity index (χ4n) is 1.59. The van der Waals surface area contributed by atoms with Crippen molar-refractivity contribution in [3.8, 4) is 0 Å². The highest BCUT2D eigenvalue weighted by Crippen LogP contribution is 2.17. The average molecular weight is 205 g/mol. The van der Waals surface area contributed by atoms with Gasteiger partial charge in [-0.1, -0.05) is 52.9 Å². The van der Waals surface area contributed by atoms with Crippen molar-refractivity contribution in [1.82, 2.24) is 0 Å². The quantitative estimate of drug-likeness (QED) is 0.496. The van der Waals surface area contributed by atoms with Crippen LogP contribution in [0.5, 0.6) is 0 Å². The zero-order chi connectivity index (χ0) is 10.1. The molecule has 0 spiro atoms. The first-order valence-corrected chi connectivity index (χ1v) is 6.30. The van der Waals surface area contributed by atoms with E-state index in [0.717, 1.165) is 11.8 Å². The first-order valence-electron chi connectivity index (χ1n) is 5.76. The Bertz CT molecular complexity index is 101. The number of unbranched alkanes of at least 4 members (excludes halogenated alkanes) is 1. The summed E-state index contributed by atoms with van der Waals surface area (Å²) in [5.41, 5.74) is 0. The largest absolute Gasteiger partial charge is 0.126 e. The maximum Gasteiger partial charge on any atom is 0.0249 e. The predicted molar refractivity (Wildman–Crippen MR) is 62.4 cm³/mol. The maximum absolute atomic E-state index is 5.75. The van der Waals surface area contributed by atoms with Gasteiger partial charge < -0.3 is 0 Å². The van der Waals surface area contributed by atoms with E-state index in [-0.39, 0.29) is 0 Å². The van der Waals surface area contributed by atoms with Crippen LogP contribution in [0.15, 0.2) is 0 Å². The van der Waals surface area contributed by atoms with Crippen LogP contribution in [0.2, 0.25) is 0 Å². The topological polar surface area (TPSA) is 0 Å². The molecule has 0 aromatic carbocycles. The van der Waals surface area contributed by atoms with E-state index in [9.17, 15) is 0 Å². The first kappa shape index (κ1) is 13.3. The Hall–Kier alpha value is 0.290. The van der Waals surface area contributed by atoms with Gasteiger partial charge in [0.25, 0.3) is 0 Å². The smallest absolute Gasteiger partial charge is 0.0249 e. The molecule has 0 saturated heterocycles. The lowest BCUT2D eigenvalue weighted by molar-refractivity contribution is 0.427. The van der Waals surface area contributed by atoms with Crippen LogP contribution < -0.4 is 0 Å². The summed E-state index contributed by atoms with van der Waals surface area (Å²) in [5.74, 6) is 2.45. The molecule has 0 heterocycles. The molecule has 0 N–H and O–H groups in total. The molecule has 80 valence electrons. The lowest BCUT2D eigenvalue weighted by atomic mass is 9.96. The molecule has 0 bridgehead atoms. The monoisotopic (exact) mass is 204 g/mol. The molecule has 1 heteroatoms. The van der Waals surface area contributed by atoms with Gasteiger partial charge in [0.15, 0.2) is 0 Å². The van der Waals surface area contributed by atoms with Crippen molar-refractivity contribution in [2.75, 3.05) is 5.88 Å². The summed E-state index contributed by atoms with van der Waals surface area (Å²) in [5, 5.41) is 0. The zero-order valence-corrected chi connectivity index (χ0v) is 10.2. The number of rotatable bonds is 8. The molecular formula is C12H25Cl. The van der Waals surface area contributed by atoms with Gasteiger partial charge in [0.05, 0.1) is 0 Å². The van der Waals surface area contributed by atoms with Gasteiger partial charge in [-0.2, -0.15) is 0 Å². The van der Waals surface area contributed by atoms with Crippen molar-refractivity contribution < 1.29 is 0 Å². The minimum Gasteiger partial charge on any atom is -0.126 e. The fraction of sp³-hybridized carbons (Fsp3) is 1.00. The third kappa shape index (κ3) is 8.62. The van der Waals surface area contributed by atoms with Crippen molar-refractivity contribution in [3.63, 3.8) is 0 Å². The molecule has 0 aliphatic heterocycles. The summed E-state index contributed by atoms with van der Waals surface area (Å²) in [4.78, 5) is 0. The molecular weight excluding hydrogens is 180 g/mol. The maximum atomic E-state index is 5.75. The van der Waals surface area contributed by atoms with Crippen LogP contribution in [0.25, 0.3) is 0 Å². The first-order chi connectivity index (χ1) is 6.20. The third-order valence-corrected chi connectivity index (χ3v) is 3.23. The lowest BCUT2D eigenvalue weighted by Crippen LogP contribution is -1.99. The molecule has 0 radical (unpaired) electrons. The van der Waals surface area contributed by atoms with Crippen LogP contribution in [0.3, 0.4) is 0 Å². The Labute approximate surface area is 89.1 Å². The highest BCUT2D eigenvalue weighted by Gasteiger charge is 2.03. The fourth-order valence-corrected chi connectivity index (χ4v) is 1.74. The highest BCUT2D eigenvalue weighted by atomic mass is 35.5. The van der Waals surface area contributed by atoms with Gasteiger partial charge in [0, 0.05) is 5.88 Å². The number of halogens is 1. The highest BCUT2D eigenvalue weighted by molar-refractivity contribution is 6.18. The van der Waals surface area contributed by atoms with Crippen molar-refractivity contribution in [3.05, 3.63) is 0 Å². The molecule has 0 nitrogen and oxygen atoms in total. The van der Waals surface area contributed by atoms with Crippen LogP contribution in [0.1, 0.15) is 59.3 Å². The van der Waals surface area contributed by atoms with Crippen LogP contribution in [0, 0.1) is 11.8 Å². The third-order valence-electron chi connectivity index (χ3n) is 2.71. The summed E-state index contributed by atoms with van der Waals surface area (Å²) >= 11 is 5.75. The summed E-state index contributed by atoms with van der Waals surface area (Å²) < 4.78 is 0. The van der Waals surface area contributed by atoms with Crippen LogP contribution in [-0.2, 0) is 0 Å². The zero-order valence-electron chi connectivity index (χ0n) is 9.48. The van der Waals surface area contributed by atoms with Gasteiger partial charge in [0.1, 0.15) is 0 Å². The lowest BCUT2D eigenvalue weighted by Gasteiger charge is -2.12. The van der Waals surface area contributed by atoms with E-state index in [1.54, 1.807) is 0 Å². The second-order valence-electron chi connectivity index (χ2n) is 4.44. The summed E-state index contributed by atoms with van der Waals surface area (Å²) in [7, 11) is 0. The Balaban J connectivity index is 3.21. The second-order valence-corrected chi connectivity index (χ2v) is 4.75. The molecule has 2 atom stereocenters. The normalized spacial score (nSPS) is 15.7. The summed E-state index contributed by atoms with van der Waals surface area (Å²) in [6, 6.07) is 0.